The van der Waals surface area contributed by atoms with E-state index in [1.807, 2.05) is 0 Å². The number of benzene rings is 1. The number of hydrogen-bond donors (Lipinski definition) is 0. The highest BCUT2D eigenvalue weighted by atomic mass is 28.3. The third-order valence-electron chi connectivity index (χ3n) is 2.48. The molecule has 76 valence electrons. The fraction of sp³-hybridized carbons (Fsp3) is 0.385. The Labute approximate surface area is 88.7 Å². The molecule has 0 bridgehead atoms. The molecule has 0 saturated carbocycles. The van der Waals surface area contributed by atoms with Gasteiger partial charge >= 0.3 is 0 Å². The van der Waals surface area contributed by atoms with Crippen LogP contribution >= 0.6 is 0 Å². The number of rotatable bonds is 3. The maximum Gasteiger partial charge on any atom is 0.0565 e. The van der Waals surface area contributed by atoms with Crippen LogP contribution in [0.1, 0.15) is 18.0 Å². The minimum absolute atomic E-state index is 0.647. The van der Waals surface area contributed by atoms with Crippen LogP contribution in [0.5, 0.6) is 0 Å². The second-order valence-corrected chi connectivity index (χ2v) is 10.1. The Bertz CT molecular complexity index is 293. The van der Waals surface area contributed by atoms with Crippen LogP contribution in [0.25, 0.3) is 0 Å². The lowest BCUT2D eigenvalue weighted by molar-refractivity contribution is 1.13. The third kappa shape index (κ3) is 2.84. The molecule has 0 aliphatic heterocycles. The second kappa shape index (κ2) is 4.60. The summed E-state index contributed by atoms with van der Waals surface area (Å²) in [4.78, 5) is 0. The van der Waals surface area contributed by atoms with Crippen molar-refractivity contribution < 1.29 is 0 Å². The highest BCUT2D eigenvalue weighted by Gasteiger charge is 2.25. The third-order valence-corrected chi connectivity index (χ3v) is 4.87. The van der Waals surface area contributed by atoms with E-state index in [1.165, 1.54) is 5.56 Å². The zero-order valence-electron chi connectivity index (χ0n) is 9.62. The van der Waals surface area contributed by atoms with Crippen LogP contribution < -0.4 is 0 Å². The van der Waals surface area contributed by atoms with Gasteiger partial charge in [0.1, 0.15) is 0 Å². The van der Waals surface area contributed by atoms with Crippen molar-refractivity contribution in [1.82, 2.24) is 0 Å². The highest BCUT2D eigenvalue weighted by Crippen LogP contribution is 2.27. The van der Waals surface area contributed by atoms with E-state index in [0.29, 0.717) is 5.54 Å². The average molecular weight is 204 g/mol. The zero-order chi connectivity index (χ0) is 10.6. The summed E-state index contributed by atoms with van der Waals surface area (Å²) in [6.07, 6.45) is 4.53. The van der Waals surface area contributed by atoms with Crippen molar-refractivity contribution >= 4 is 8.07 Å². The van der Waals surface area contributed by atoms with Gasteiger partial charge in [0.05, 0.1) is 8.07 Å². The monoisotopic (exact) mass is 204 g/mol. The molecule has 0 N–H and O–H groups in total. The van der Waals surface area contributed by atoms with Crippen molar-refractivity contribution in [3.8, 4) is 0 Å². The topological polar surface area (TPSA) is 0 Å². The van der Waals surface area contributed by atoms with Crippen LogP contribution in [0.4, 0.5) is 0 Å². The standard InChI is InChI=1S/C13H20Si/c1-5-9-13(14(2,3)4)12-10-7-6-8-11-12/h5-11,13H,1-4H3. The smallest absolute Gasteiger partial charge is 0.0565 e. The van der Waals surface area contributed by atoms with Crippen molar-refractivity contribution in [2.75, 3.05) is 0 Å². The van der Waals surface area contributed by atoms with Crippen molar-refractivity contribution in [2.24, 2.45) is 0 Å². The molecule has 1 aromatic carbocycles. The van der Waals surface area contributed by atoms with Crippen LogP contribution in [0, 0.1) is 0 Å². The van der Waals surface area contributed by atoms with Crippen LogP contribution in [0.15, 0.2) is 42.5 Å². The lowest BCUT2D eigenvalue weighted by Crippen LogP contribution is -2.29. The minimum atomic E-state index is -1.14. The van der Waals surface area contributed by atoms with Crippen molar-refractivity contribution in [3.05, 3.63) is 48.0 Å². The van der Waals surface area contributed by atoms with E-state index in [2.05, 4.69) is 69.0 Å². The van der Waals surface area contributed by atoms with Crippen molar-refractivity contribution in [2.45, 2.75) is 32.1 Å². The Kier molecular flexibility index (Phi) is 3.70. The number of allylic oxidation sites excluding steroid dienone is 2. The largest absolute Gasteiger partial charge is 0.0913 e. The highest BCUT2D eigenvalue weighted by molar-refractivity contribution is 6.77. The van der Waals surface area contributed by atoms with Crippen LogP contribution in [-0.4, -0.2) is 8.07 Å². The van der Waals surface area contributed by atoms with Crippen LogP contribution in [0.2, 0.25) is 19.6 Å². The molecule has 1 rings (SSSR count). The lowest BCUT2D eigenvalue weighted by Gasteiger charge is -2.26. The molecule has 1 heteroatoms. The quantitative estimate of drug-likeness (QED) is 0.511. The van der Waals surface area contributed by atoms with E-state index in [-0.39, 0.29) is 0 Å². The predicted octanol–water partition coefficient (Wildman–Crippen LogP) is 4.22. The molecule has 0 saturated heterocycles. The van der Waals surface area contributed by atoms with Gasteiger partial charge in [-0.2, -0.15) is 0 Å². The van der Waals surface area contributed by atoms with Gasteiger partial charge in [-0.25, -0.2) is 0 Å². The maximum absolute atomic E-state index is 2.42. The van der Waals surface area contributed by atoms with E-state index in [1.54, 1.807) is 0 Å². The fourth-order valence-electron chi connectivity index (χ4n) is 1.75. The molecule has 0 nitrogen and oxygen atoms in total. The normalized spacial score (nSPS) is 14.6. The van der Waals surface area contributed by atoms with Gasteiger partial charge in [-0.1, -0.05) is 62.1 Å². The van der Waals surface area contributed by atoms with Gasteiger partial charge in [0.2, 0.25) is 0 Å². The molecule has 0 aliphatic carbocycles. The Morgan fingerprint density at radius 3 is 2.07 bits per heavy atom. The van der Waals surface area contributed by atoms with Crippen LogP contribution in [-0.2, 0) is 0 Å². The van der Waals surface area contributed by atoms with E-state index >= 15 is 0 Å². The fourth-order valence-corrected chi connectivity index (χ4v) is 3.71. The summed E-state index contributed by atoms with van der Waals surface area (Å²) in [7, 11) is -1.14. The Hall–Kier alpha value is -0.823. The SMILES string of the molecule is CC=CC(c1ccccc1)[Si](C)(C)C. The summed E-state index contributed by atoms with van der Waals surface area (Å²) < 4.78 is 0. The summed E-state index contributed by atoms with van der Waals surface area (Å²) in [6, 6.07) is 10.8. The molecular formula is C13H20Si. The van der Waals surface area contributed by atoms with Crippen molar-refractivity contribution in [3.63, 3.8) is 0 Å². The zero-order valence-corrected chi connectivity index (χ0v) is 10.6. The summed E-state index contributed by atoms with van der Waals surface area (Å²) in [5.74, 6) is 0. The van der Waals surface area contributed by atoms with E-state index < -0.39 is 8.07 Å². The molecule has 0 spiro atoms. The molecule has 1 atom stereocenters. The Balaban J connectivity index is 3.01. The maximum atomic E-state index is 2.42. The van der Waals surface area contributed by atoms with E-state index in [9.17, 15) is 0 Å². The van der Waals surface area contributed by atoms with E-state index in [4.69, 9.17) is 0 Å². The molecule has 0 heterocycles. The van der Waals surface area contributed by atoms with Gasteiger partial charge in [-0.15, -0.1) is 0 Å². The molecule has 1 aromatic rings. The molecular weight excluding hydrogens is 184 g/mol. The molecule has 0 aromatic heterocycles. The Morgan fingerprint density at radius 1 is 1.07 bits per heavy atom. The summed E-state index contributed by atoms with van der Waals surface area (Å²) >= 11 is 0. The summed E-state index contributed by atoms with van der Waals surface area (Å²) in [6.45, 7) is 9.37. The first kappa shape index (κ1) is 11.3. The van der Waals surface area contributed by atoms with Gasteiger partial charge in [-0.05, 0) is 18.0 Å². The lowest BCUT2D eigenvalue weighted by atomic mass is 10.1. The first-order chi connectivity index (χ1) is 6.55. The molecule has 14 heavy (non-hydrogen) atoms. The Morgan fingerprint density at radius 2 is 1.64 bits per heavy atom. The minimum Gasteiger partial charge on any atom is -0.0913 e. The molecule has 0 aliphatic rings. The van der Waals surface area contributed by atoms with Gasteiger partial charge in [0, 0.05) is 0 Å². The summed E-state index contributed by atoms with van der Waals surface area (Å²) in [5, 5.41) is 0. The average Bonchev–Trinajstić information content (AvgIpc) is 2.14. The summed E-state index contributed by atoms with van der Waals surface area (Å²) in [5.41, 5.74) is 2.11. The predicted molar refractivity (Wildman–Crippen MR) is 67.3 cm³/mol. The molecule has 1 unspecified atom stereocenters. The van der Waals surface area contributed by atoms with Gasteiger partial charge in [0.25, 0.3) is 0 Å². The van der Waals surface area contributed by atoms with Crippen molar-refractivity contribution in [1.29, 1.82) is 0 Å². The van der Waals surface area contributed by atoms with Crippen LogP contribution in [0.3, 0.4) is 0 Å². The second-order valence-electron chi connectivity index (χ2n) is 4.78. The van der Waals surface area contributed by atoms with Gasteiger partial charge in [-0.3, -0.25) is 0 Å². The molecule has 0 radical (unpaired) electrons. The van der Waals surface area contributed by atoms with Gasteiger partial charge in [0.15, 0.2) is 0 Å². The first-order valence-corrected chi connectivity index (χ1v) is 8.81. The molecule has 0 fully saturated rings. The van der Waals surface area contributed by atoms with Gasteiger partial charge < -0.3 is 0 Å². The molecule has 0 amide bonds. The van der Waals surface area contributed by atoms with E-state index in [0.717, 1.165) is 0 Å². The first-order valence-electron chi connectivity index (χ1n) is 5.23. The number of hydrogen-bond acceptors (Lipinski definition) is 0.